The number of fused-ring (bicyclic) bond motifs is 24. The second kappa shape index (κ2) is 22.7. The number of hydrogen-bond donors (Lipinski definition) is 0. The fourth-order valence-corrected chi connectivity index (χ4v) is 19.7. The van der Waals surface area contributed by atoms with Crippen LogP contribution in [-0.2, 0) is 0 Å². The summed E-state index contributed by atoms with van der Waals surface area (Å²) < 4.78 is 0. The summed E-state index contributed by atoms with van der Waals surface area (Å²) in [5, 5.41) is 45.0. The summed E-state index contributed by atoms with van der Waals surface area (Å²) in [5.41, 5.74) is 12.5. The van der Waals surface area contributed by atoms with E-state index in [1.54, 1.807) is 0 Å². The third-order valence-corrected chi connectivity index (χ3v) is 24.4. The van der Waals surface area contributed by atoms with Gasteiger partial charge in [0.05, 0.1) is 0 Å². The Bertz CT molecular complexity index is 7690. The van der Waals surface area contributed by atoms with E-state index in [2.05, 4.69) is 376 Å². The van der Waals surface area contributed by atoms with E-state index in [9.17, 15) is 0 Å². The molecule has 0 aliphatic rings. The molecule has 0 unspecified atom stereocenters. The Kier molecular flexibility index (Phi) is 12.5. The summed E-state index contributed by atoms with van der Waals surface area (Å²) in [7, 11) is 0. The molecule has 24 aromatic rings. The van der Waals surface area contributed by atoms with Crippen molar-refractivity contribution in [1.29, 1.82) is 0 Å². The number of benzene rings is 24. The molecule has 0 aromatic heterocycles. The van der Waals surface area contributed by atoms with E-state index in [0.29, 0.717) is 0 Å². The van der Waals surface area contributed by atoms with Crippen LogP contribution >= 0.6 is 0 Å². The highest BCUT2D eigenvalue weighted by molar-refractivity contribution is 6.33. The summed E-state index contributed by atoms with van der Waals surface area (Å²) in [6, 6.07) is 143. The summed E-state index contributed by atoms with van der Waals surface area (Å²) in [6.45, 7) is 0. The van der Waals surface area contributed by atoms with Crippen molar-refractivity contribution >= 4 is 194 Å². The average Bonchev–Trinajstić information content (AvgIpc) is 0.722. The van der Waals surface area contributed by atoms with Gasteiger partial charge in [-0.1, -0.05) is 315 Å². The van der Waals surface area contributed by atoms with Crippen LogP contribution in [0.15, 0.2) is 376 Å². The first-order chi connectivity index (χ1) is 53.6. The predicted octanol–water partition coefficient (Wildman–Crippen LogP) is 30.8. The summed E-state index contributed by atoms with van der Waals surface area (Å²) in [4.78, 5) is 0. The summed E-state index contributed by atoms with van der Waals surface area (Å²) in [6.07, 6.45) is 0. The van der Waals surface area contributed by atoms with E-state index in [1.165, 1.54) is 250 Å². The molecule has 0 bridgehead atoms. The van der Waals surface area contributed by atoms with Crippen LogP contribution in [0.2, 0.25) is 0 Å². The lowest BCUT2D eigenvalue weighted by Crippen LogP contribution is -1.92. The van der Waals surface area contributed by atoms with Gasteiger partial charge < -0.3 is 0 Å². The van der Waals surface area contributed by atoms with Crippen molar-refractivity contribution in [2.24, 2.45) is 0 Å². The minimum atomic E-state index is 1.22. The molecular weight excluding hydrogens is 1300 g/mol. The highest BCUT2D eigenvalue weighted by atomic mass is 14.3. The van der Waals surface area contributed by atoms with Crippen molar-refractivity contribution in [2.75, 3.05) is 0 Å². The van der Waals surface area contributed by atoms with Gasteiger partial charge in [-0.3, -0.25) is 0 Å². The molecule has 0 heteroatoms. The molecule has 0 aliphatic heterocycles. The topological polar surface area (TPSA) is 0 Å². The molecule has 0 fully saturated rings. The van der Waals surface area contributed by atoms with Crippen molar-refractivity contribution in [2.45, 2.75) is 0 Å². The van der Waals surface area contributed by atoms with Crippen LogP contribution in [0.25, 0.3) is 250 Å². The molecule has 494 valence electrons. The molecule has 0 amide bonds. The molecule has 0 spiro atoms. The molecule has 0 aliphatic carbocycles. The monoisotopic (exact) mass is 1360 g/mol. The van der Waals surface area contributed by atoms with Gasteiger partial charge in [-0.05, 0) is 310 Å². The van der Waals surface area contributed by atoms with Gasteiger partial charge in [0.2, 0.25) is 0 Å². The average molecular weight is 1360 g/mol. The molecule has 0 heterocycles. The van der Waals surface area contributed by atoms with Gasteiger partial charge in [-0.25, -0.2) is 0 Å². The minimum absolute atomic E-state index is 1.22. The van der Waals surface area contributed by atoms with Crippen molar-refractivity contribution < 1.29 is 0 Å². The van der Waals surface area contributed by atoms with Gasteiger partial charge in [0, 0.05) is 0 Å². The highest BCUT2D eigenvalue weighted by Gasteiger charge is 2.24. The number of hydrogen-bond acceptors (Lipinski definition) is 0. The molecular formula is C108H62. The highest BCUT2D eigenvalue weighted by Crippen LogP contribution is 2.52. The molecule has 0 saturated heterocycles. The standard InChI is InChI=1S/C108H62/c1-3-23-65-55-97-71(53-63(65)21-1)61-103(85-35-15-13-33-79(85)97)107-75-31-11-7-27-69(75)59-101-83-41-19-43-91(89(83)47-51-95(101)107)105-73-29-9-5-25-67(73)57-99-81-39-17-37-77(87(81)45-49-93(99)105)78-38-18-40-82-88(78)46-50-94-100(82)58-68-26-6-10-30-74(68)106(94)92-44-20-42-84-90(92)48-52-96-102(84)60-70-28-8-12-32-76(70)108(96)104-62-72-54-64-22-2-4-24-66(64)56-98(72)80-34-14-16-36-86(80)104/h1-62H. The Balaban J connectivity index is 0.671. The number of rotatable bonds is 5. The zero-order chi connectivity index (χ0) is 70.4. The van der Waals surface area contributed by atoms with Gasteiger partial charge in [-0.15, -0.1) is 0 Å². The van der Waals surface area contributed by atoms with Crippen molar-refractivity contribution in [1.82, 2.24) is 0 Å². The second-order valence-corrected chi connectivity index (χ2v) is 29.9. The molecule has 0 saturated carbocycles. The van der Waals surface area contributed by atoms with Gasteiger partial charge >= 0.3 is 0 Å². The maximum absolute atomic E-state index is 2.46. The van der Waals surface area contributed by atoms with E-state index in [-0.39, 0.29) is 0 Å². The molecule has 24 rings (SSSR count). The molecule has 108 heavy (non-hydrogen) atoms. The van der Waals surface area contributed by atoms with Crippen molar-refractivity contribution in [3.8, 4) is 55.6 Å². The fourth-order valence-electron chi connectivity index (χ4n) is 19.7. The molecule has 0 atom stereocenters. The molecule has 24 aromatic carbocycles. The maximum atomic E-state index is 2.46. The quantitative estimate of drug-likeness (QED) is 0.119. The maximum Gasteiger partial charge on any atom is -0.00201 e. The van der Waals surface area contributed by atoms with Crippen LogP contribution in [0.5, 0.6) is 0 Å². The lowest BCUT2D eigenvalue weighted by molar-refractivity contribution is 1.70. The lowest BCUT2D eigenvalue weighted by atomic mass is 9.83. The van der Waals surface area contributed by atoms with Crippen molar-refractivity contribution in [3.63, 3.8) is 0 Å². The fraction of sp³-hybridized carbons (Fsp3) is 0. The van der Waals surface area contributed by atoms with Crippen LogP contribution in [0.4, 0.5) is 0 Å². The van der Waals surface area contributed by atoms with Crippen LogP contribution in [0.1, 0.15) is 0 Å². The first kappa shape index (κ1) is 59.4. The van der Waals surface area contributed by atoms with Crippen molar-refractivity contribution in [3.05, 3.63) is 376 Å². The molecule has 0 radical (unpaired) electrons. The Morgan fingerprint density at radius 2 is 0.287 bits per heavy atom. The first-order valence-electron chi connectivity index (χ1n) is 37.8. The van der Waals surface area contributed by atoms with Crippen LogP contribution in [0, 0.1) is 0 Å². The Labute approximate surface area is 621 Å². The van der Waals surface area contributed by atoms with Gasteiger partial charge in [0.1, 0.15) is 0 Å². The first-order valence-corrected chi connectivity index (χ1v) is 37.8. The van der Waals surface area contributed by atoms with Crippen LogP contribution in [0.3, 0.4) is 0 Å². The van der Waals surface area contributed by atoms with Gasteiger partial charge in [0.15, 0.2) is 0 Å². The van der Waals surface area contributed by atoms with E-state index in [4.69, 9.17) is 0 Å². The zero-order valence-corrected chi connectivity index (χ0v) is 58.8. The zero-order valence-electron chi connectivity index (χ0n) is 58.8. The van der Waals surface area contributed by atoms with E-state index < -0.39 is 0 Å². The second-order valence-electron chi connectivity index (χ2n) is 29.9. The molecule has 0 nitrogen and oxygen atoms in total. The van der Waals surface area contributed by atoms with E-state index in [0.717, 1.165) is 0 Å². The Morgan fingerprint density at radius 1 is 0.0833 bits per heavy atom. The van der Waals surface area contributed by atoms with Gasteiger partial charge in [0.25, 0.3) is 0 Å². The van der Waals surface area contributed by atoms with E-state index in [1.807, 2.05) is 0 Å². The SMILES string of the molecule is c1ccc2cc3c(cc(-c4c5ccccc5cc5c4ccc4c(-c6c7ccccc7cc7c6ccc6c(-c8cccc9c8ccc8c(-c%10cccc%11c%10ccc%10c(-c%12cc%13cc%14ccccc%14cc%13c%13ccccc%12%13)c%12ccccc%12cc%10%11)c%10ccccc%10cc89)cccc67)cccc45)c4ccccc43)cc2c1. The van der Waals surface area contributed by atoms with Crippen LogP contribution in [-0.4, -0.2) is 0 Å². The predicted molar refractivity (Wildman–Crippen MR) is 469 cm³/mol. The van der Waals surface area contributed by atoms with E-state index >= 15 is 0 Å². The third-order valence-electron chi connectivity index (χ3n) is 24.4. The smallest absolute Gasteiger partial charge is 0.00201 e. The van der Waals surface area contributed by atoms with Gasteiger partial charge in [-0.2, -0.15) is 0 Å². The largest absolute Gasteiger partial charge is 0.0616 e. The normalized spacial score (nSPS) is 12.3. The minimum Gasteiger partial charge on any atom is -0.0616 e. The lowest BCUT2D eigenvalue weighted by Gasteiger charge is -2.20. The Hall–Kier alpha value is -14.0. The van der Waals surface area contributed by atoms with Crippen LogP contribution < -0.4 is 0 Å². The summed E-state index contributed by atoms with van der Waals surface area (Å²) in [5.74, 6) is 0. The summed E-state index contributed by atoms with van der Waals surface area (Å²) >= 11 is 0. The Morgan fingerprint density at radius 3 is 0.611 bits per heavy atom. The third kappa shape index (κ3) is 8.57. The molecule has 0 N–H and O–H groups in total.